The van der Waals surface area contributed by atoms with Crippen LogP contribution >= 0.6 is 24.0 Å². The van der Waals surface area contributed by atoms with Gasteiger partial charge in [-0.25, -0.2) is 4.98 Å². The minimum atomic E-state index is -0.229. The number of amides is 1. The number of nitrogens with one attached hydrogen (secondary N) is 2. The lowest BCUT2D eigenvalue weighted by Crippen LogP contribution is -2.42. The largest absolute Gasteiger partial charge is 0.369 e. The zero-order valence-corrected chi connectivity index (χ0v) is 21.9. The van der Waals surface area contributed by atoms with Gasteiger partial charge in [0.05, 0.1) is 5.92 Å². The Morgan fingerprint density at radius 1 is 1.21 bits per heavy atom. The molecular formula is C25H34IN7O. The van der Waals surface area contributed by atoms with Crippen molar-refractivity contribution in [3.8, 4) is 0 Å². The minimum Gasteiger partial charge on any atom is -0.369 e. The number of para-hydroxylation sites is 1. The number of rotatable bonds is 8. The summed E-state index contributed by atoms with van der Waals surface area (Å²) >= 11 is 0. The lowest BCUT2D eigenvalue weighted by atomic mass is 9.97. The standard InChI is InChI=1S/C25H33N7O.HI/c1-27-25(29-13-6-15-31-16-11-19-7-2-3-10-22(19)31)30-17-20-8-4-12-28-24(20)32-14-5-9-21(18-32)23(26)33;/h2-4,7-8,10-12,16,21H,5-6,9,13-15,17-18H2,1H3,(H2,26,33)(H2,27,29,30);1H. The zero-order chi connectivity index (χ0) is 23.0. The highest BCUT2D eigenvalue weighted by Crippen LogP contribution is 2.24. The normalized spacial score (nSPS) is 16.2. The molecular weight excluding hydrogens is 541 g/mol. The fourth-order valence-electron chi connectivity index (χ4n) is 4.45. The van der Waals surface area contributed by atoms with E-state index < -0.39 is 0 Å². The predicted octanol–water partition coefficient (Wildman–Crippen LogP) is 3.11. The minimum absolute atomic E-state index is 0. The highest BCUT2D eigenvalue weighted by atomic mass is 127. The maximum absolute atomic E-state index is 11.7. The second kappa shape index (κ2) is 12.6. The first-order chi connectivity index (χ1) is 16.2. The molecule has 3 heterocycles. The smallest absolute Gasteiger partial charge is 0.222 e. The Morgan fingerprint density at radius 2 is 2.06 bits per heavy atom. The van der Waals surface area contributed by atoms with E-state index in [4.69, 9.17) is 5.73 Å². The van der Waals surface area contributed by atoms with E-state index in [2.05, 4.69) is 72.7 Å². The topological polar surface area (TPSA) is 101 Å². The van der Waals surface area contributed by atoms with E-state index in [1.807, 2.05) is 6.07 Å². The summed E-state index contributed by atoms with van der Waals surface area (Å²) in [5, 5.41) is 8.07. The molecule has 3 aromatic rings. The lowest BCUT2D eigenvalue weighted by Gasteiger charge is -2.33. The number of guanidine groups is 1. The van der Waals surface area contributed by atoms with Gasteiger partial charge in [0.2, 0.25) is 5.91 Å². The molecule has 0 spiro atoms. The van der Waals surface area contributed by atoms with Crippen LogP contribution in [-0.4, -0.2) is 48.1 Å². The summed E-state index contributed by atoms with van der Waals surface area (Å²) in [4.78, 5) is 22.8. The van der Waals surface area contributed by atoms with Gasteiger partial charge in [0.1, 0.15) is 5.82 Å². The van der Waals surface area contributed by atoms with Crippen LogP contribution in [0.3, 0.4) is 0 Å². The van der Waals surface area contributed by atoms with Gasteiger partial charge < -0.3 is 25.8 Å². The van der Waals surface area contributed by atoms with Crippen molar-refractivity contribution in [1.29, 1.82) is 0 Å². The summed E-state index contributed by atoms with van der Waals surface area (Å²) in [7, 11) is 1.78. The van der Waals surface area contributed by atoms with E-state index in [-0.39, 0.29) is 35.8 Å². The van der Waals surface area contributed by atoms with Crippen molar-refractivity contribution in [3.05, 3.63) is 60.4 Å². The number of hydrogen-bond donors (Lipinski definition) is 3. The number of carbonyl (C=O) groups excluding carboxylic acids is 1. The van der Waals surface area contributed by atoms with Gasteiger partial charge in [0.25, 0.3) is 0 Å². The molecule has 1 aliphatic rings. The van der Waals surface area contributed by atoms with Crippen LogP contribution in [0.1, 0.15) is 24.8 Å². The number of aromatic nitrogens is 2. The summed E-state index contributed by atoms with van der Waals surface area (Å²) < 4.78 is 2.28. The fourth-order valence-corrected chi connectivity index (χ4v) is 4.45. The fraction of sp³-hybridized carbons (Fsp3) is 0.400. The maximum Gasteiger partial charge on any atom is 0.222 e. The van der Waals surface area contributed by atoms with Crippen LogP contribution in [0.2, 0.25) is 0 Å². The molecule has 9 heteroatoms. The third-order valence-corrected chi connectivity index (χ3v) is 6.21. The summed E-state index contributed by atoms with van der Waals surface area (Å²) in [5.41, 5.74) is 7.89. The molecule has 1 unspecified atom stereocenters. The molecule has 0 bridgehead atoms. The number of nitrogens with zero attached hydrogens (tertiary/aromatic N) is 4. The van der Waals surface area contributed by atoms with Gasteiger partial charge in [-0.05, 0) is 42.8 Å². The Kier molecular flexibility index (Phi) is 9.55. The molecule has 34 heavy (non-hydrogen) atoms. The summed E-state index contributed by atoms with van der Waals surface area (Å²) in [6.07, 6.45) is 6.72. The van der Waals surface area contributed by atoms with Gasteiger partial charge >= 0.3 is 0 Å². The molecule has 1 aliphatic heterocycles. The van der Waals surface area contributed by atoms with Crippen molar-refractivity contribution in [2.45, 2.75) is 32.4 Å². The van der Waals surface area contributed by atoms with Crippen LogP contribution in [-0.2, 0) is 17.9 Å². The number of nitrogens with two attached hydrogens (primary N) is 1. The van der Waals surface area contributed by atoms with E-state index >= 15 is 0 Å². The Labute approximate surface area is 218 Å². The van der Waals surface area contributed by atoms with Crippen LogP contribution in [0.5, 0.6) is 0 Å². The van der Waals surface area contributed by atoms with Crippen LogP contribution in [0.15, 0.2) is 59.9 Å². The molecule has 0 saturated carbocycles. The van der Waals surface area contributed by atoms with Gasteiger partial charge in [-0.2, -0.15) is 0 Å². The number of aliphatic imine (C=N–C) groups is 1. The third-order valence-electron chi connectivity index (χ3n) is 6.21. The SMILES string of the molecule is CN=C(NCCCn1ccc2ccccc21)NCc1cccnc1N1CCCC(C(N)=O)C1.I. The maximum atomic E-state index is 11.7. The molecule has 1 amide bonds. The van der Waals surface area contributed by atoms with E-state index in [9.17, 15) is 4.79 Å². The Balaban J connectivity index is 0.00000324. The zero-order valence-electron chi connectivity index (χ0n) is 19.6. The first-order valence-corrected chi connectivity index (χ1v) is 11.6. The number of carbonyl (C=O) groups is 1. The average Bonchev–Trinajstić information content (AvgIpc) is 3.27. The Morgan fingerprint density at radius 3 is 2.88 bits per heavy atom. The Bertz CT molecular complexity index is 1110. The molecule has 1 atom stereocenters. The van der Waals surface area contributed by atoms with Gasteiger partial charge in [-0.1, -0.05) is 24.3 Å². The molecule has 4 N–H and O–H groups in total. The number of aryl methyl sites for hydroxylation is 1. The van der Waals surface area contributed by atoms with E-state index in [0.717, 1.165) is 56.2 Å². The van der Waals surface area contributed by atoms with Crippen molar-refractivity contribution in [1.82, 2.24) is 20.2 Å². The molecule has 182 valence electrons. The van der Waals surface area contributed by atoms with Crippen molar-refractivity contribution >= 4 is 52.6 Å². The first-order valence-electron chi connectivity index (χ1n) is 11.6. The van der Waals surface area contributed by atoms with Crippen molar-refractivity contribution in [2.75, 3.05) is 31.6 Å². The molecule has 0 aliphatic carbocycles. The third kappa shape index (κ3) is 6.40. The summed E-state index contributed by atoms with van der Waals surface area (Å²) in [6, 6.07) is 14.6. The van der Waals surface area contributed by atoms with E-state index in [0.29, 0.717) is 13.1 Å². The molecule has 8 nitrogen and oxygen atoms in total. The highest BCUT2D eigenvalue weighted by molar-refractivity contribution is 14.0. The number of anilines is 1. The van der Waals surface area contributed by atoms with Gasteiger partial charge in [-0.3, -0.25) is 9.79 Å². The monoisotopic (exact) mass is 575 g/mol. The van der Waals surface area contributed by atoms with Crippen LogP contribution < -0.4 is 21.3 Å². The highest BCUT2D eigenvalue weighted by Gasteiger charge is 2.25. The molecule has 2 aromatic heterocycles. The van der Waals surface area contributed by atoms with E-state index in [1.54, 1.807) is 13.2 Å². The molecule has 1 aromatic carbocycles. The summed E-state index contributed by atoms with van der Waals surface area (Å²) in [5.74, 6) is 1.32. The molecule has 4 rings (SSSR count). The van der Waals surface area contributed by atoms with Crippen LogP contribution in [0.4, 0.5) is 5.82 Å². The van der Waals surface area contributed by atoms with E-state index in [1.165, 1.54) is 10.9 Å². The number of piperidine rings is 1. The Hall–Kier alpha value is -2.82. The predicted molar refractivity (Wildman–Crippen MR) is 149 cm³/mol. The van der Waals surface area contributed by atoms with Gasteiger partial charge in [0.15, 0.2) is 5.96 Å². The van der Waals surface area contributed by atoms with Crippen molar-refractivity contribution < 1.29 is 4.79 Å². The van der Waals surface area contributed by atoms with Gasteiger partial charge in [-0.15, -0.1) is 24.0 Å². The van der Waals surface area contributed by atoms with Crippen LogP contribution in [0.25, 0.3) is 10.9 Å². The lowest BCUT2D eigenvalue weighted by molar-refractivity contribution is -0.122. The van der Waals surface area contributed by atoms with Crippen LogP contribution in [0, 0.1) is 5.92 Å². The molecule has 1 saturated heterocycles. The first kappa shape index (κ1) is 25.8. The van der Waals surface area contributed by atoms with Gasteiger partial charge in [0, 0.05) is 63.2 Å². The molecule has 1 fully saturated rings. The second-order valence-electron chi connectivity index (χ2n) is 8.45. The number of pyridine rings is 1. The van der Waals surface area contributed by atoms with Crippen molar-refractivity contribution in [2.24, 2.45) is 16.6 Å². The number of halogens is 1. The molecule has 0 radical (unpaired) electrons. The second-order valence-corrected chi connectivity index (χ2v) is 8.45. The number of benzene rings is 1. The number of primary amides is 1. The summed E-state index contributed by atoms with van der Waals surface area (Å²) in [6.45, 7) is 3.87. The number of fused-ring (bicyclic) bond motifs is 1. The number of hydrogen-bond acceptors (Lipinski definition) is 4. The average molecular weight is 575 g/mol. The quantitative estimate of drug-likeness (QED) is 0.166. The van der Waals surface area contributed by atoms with Crippen molar-refractivity contribution in [3.63, 3.8) is 0 Å².